The fourth-order valence-electron chi connectivity index (χ4n) is 1.53. The predicted octanol–water partition coefficient (Wildman–Crippen LogP) is 1.76. The van der Waals surface area contributed by atoms with Crippen LogP contribution < -0.4 is 5.73 Å². The van der Waals surface area contributed by atoms with Gasteiger partial charge in [0.05, 0.1) is 0 Å². The number of hydrogen-bond donors (Lipinski definition) is 5. The molecule has 0 aliphatic carbocycles. The van der Waals surface area contributed by atoms with Crippen molar-refractivity contribution >= 4 is 23.5 Å². The summed E-state index contributed by atoms with van der Waals surface area (Å²) >= 11 is 0. The minimum absolute atomic E-state index is 0.0326. The van der Waals surface area contributed by atoms with E-state index in [9.17, 15) is 28.7 Å². The van der Waals surface area contributed by atoms with Gasteiger partial charge in [0.15, 0.2) is 8.32 Å². The molecule has 0 aliphatic heterocycles. The number of nitrogens with two attached hydrogens (primary N) is 1. The summed E-state index contributed by atoms with van der Waals surface area (Å²) in [6.07, 6.45) is -0.463. The lowest BCUT2D eigenvalue weighted by Crippen LogP contribution is -2.49. The van der Waals surface area contributed by atoms with Crippen LogP contribution in [-0.2, 0) is 13.6 Å². The Morgan fingerprint density at radius 1 is 1.05 bits per heavy atom. The molecular weight excluding hydrogens is 336 g/mol. The minimum Gasteiger partial charge on any atom is -0.392 e. The van der Waals surface area contributed by atoms with Gasteiger partial charge in [-0.05, 0) is 31.1 Å². The summed E-state index contributed by atoms with van der Waals surface area (Å²) in [6, 6.07) is 0. The van der Waals surface area contributed by atoms with Crippen molar-refractivity contribution in [3.8, 4) is 0 Å². The van der Waals surface area contributed by atoms with E-state index < -0.39 is 40.1 Å². The molecule has 0 heterocycles. The Bertz CT molecular complexity index is 429. The van der Waals surface area contributed by atoms with Crippen LogP contribution in [0.15, 0.2) is 0 Å². The molecule has 6 N–H and O–H groups in total. The van der Waals surface area contributed by atoms with Crippen LogP contribution in [-0.4, -0.2) is 39.5 Å². The van der Waals surface area contributed by atoms with Crippen molar-refractivity contribution in [3.05, 3.63) is 0 Å². The van der Waals surface area contributed by atoms with E-state index in [1.165, 1.54) is 0 Å². The smallest absolute Gasteiger partial charge is 0.368 e. The molecule has 0 rings (SSSR count). The number of hydrogen-bond acceptors (Lipinski definition) is 4. The molecule has 0 amide bonds. The Hall–Kier alpha value is 0.437. The lowest BCUT2D eigenvalue weighted by atomic mass is 10.2. The third kappa shape index (κ3) is 4.70. The van der Waals surface area contributed by atoms with Crippen molar-refractivity contribution in [3.63, 3.8) is 0 Å². The first kappa shape index (κ1) is 21.4. The SMILES string of the molecule is CC(C)(C)[Si](C)(C)OC(CCCN)(P(=O)(O)O)P(=O)(O)O. The second kappa shape index (κ2) is 6.51. The normalized spacial score (nSPS) is 15.3. The van der Waals surface area contributed by atoms with E-state index in [1.807, 2.05) is 20.8 Å². The topological polar surface area (TPSA) is 150 Å². The standard InChI is InChI=1S/C10H27NO7P2Si/c1-9(2,3)21(4,5)18-10(7-6-8-11,19(12,13)14)20(15,16)17/h6-8,11H2,1-5H3,(H2,12,13,14)(H2,15,16,17). The summed E-state index contributed by atoms with van der Waals surface area (Å²) in [7, 11) is -13.3. The molecule has 0 unspecified atom stereocenters. The second-order valence-electron chi connectivity index (χ2n) is 6.59. The highest BCUT2D eigenvalue weighted by Gasteiger charge is 2.64. The van der Waals surface area contributed by atoms with E-state index in [1.54, 1.807) is 13.1 Å². The fourth-order valence-corrected chi connectivity index (χ4v) is 7.33. The summed E-state index contributed by atoms with van der Waals surface area (Å²) < 4.78 is 29.3. The summed E-state index contributed by atoms with van der Waals surface area (Å²) in [5, 5.41) is -3.28. The van der Waals surface area contributed by atoms with Gasteiger partial charge in [-0.1, -0.05) is 20.8 Å². The van der Waals surface area contributed by atoms with Gasteiger partial charge >= 0.3 is 15.2 Å². The van der Waals surface area contributed by atoms with Crippen LogP contribution >= 0.6 is 15.2 Å². The van der Waals surface area contributed by atoms with Crippen molar-refractivity contribution in [2.24, 2.45) is 5.73 Å². The molecule has 0 aliphatic rings. The largest absolute Gasteiger partial charge is 0.392 e. The zero-order chi connectivity index (χ0) is 17.3. The maximum Gasteiger partial charge on any atom is 0.368 e. The van der Waals surface area contributed by atoms with Crippen molar-refractivity contribution in [1.29, 1.82) is 0 Å². The van der Waals surface area contributed by atoms with Crippen LogP contribution in [0.1, 0.15) is 33.6 Å². The molecule has 0 fully saturated rings. The highest BCUT2D eigenvalue weighted by atomic mass is 31.2. The van der Waals surface area contributed by atoms with E-state index in [4.69, 9.17) is 10.2 Å². The van der Waals surface area contributed by atoms with Crippen molar-refractivity contribution < 1.29 is 33.1 Å². The van der Waals surface area contributed by atoms with Crippen LogP contribution in [0, 0.1) is 0 Å². The molecule has 0 saturated heterocycles. The molecule has 11 heteroatoms. The van der Waals surface area contributed by atoms with E-state index in [0.29, 0.717) is 0 Å². The quantitative estimate of drug-likeness (QED) is 0.339. The Morgan fingerprint density at radius 2 is 1.43 bits per heavy atom. The Balaban J connectivity index is 6.05. The van der Waals surface area contributed by atoms with Gasteiger partial charge in [-0.2, -0.15) is 0 Å². The van der Waals surface area contributed by atoms with Crippen LogP contribution in [0.2, 0.25) is 18.1 Å². The van der Waals surface area contributed by atoms with Crippen molar-refractivity contribution in [2.45, 2.75) is 56.8 Å². The lowest BCUT2D eigenvalue weighted by molar-refractivity contribution is 0.128. The van der Waals surface area contributed by atoms with E-state index in [0.717, 1.165) is 0 Å². The van der Waals surface area contributed by atoms with Crippen LogP contribution in [0.5, 0.6) is 0 Å². The molecule has 128 valence electrons. The molecule has 0 aromatic carbocycles. The van der Waals surface area contributed by atoms with E-state index in [-0.39, 0.29) is 13.0 Å². The van der Waals surface area contributed by atoms with Gasteiger partial charge in [-0.15, -0.1) is 0 Å². The fraction of sp³-hybridized carbons (Fsp3) is 1.00. The third-order valence-electron chi connectivity index (χ3n) is 3.84. The average molecular weight is 363 g/mol. The van der Waals surface area contributed by atoms with Crippen LogP contribution in [0.3, 0.4) is 0 Å². The second-order valence-corrected chi connectivity index (χ2v) is 15.3. The number of rotatable bonds is 7. The maximum absolute atomic E-state index is 11.9. The monoisotopic (exact) mass is 363 g/mol. The highest BCUT2D eigenvalue weighted by molar-refractivity contribution is 7.72. The van der Waals surface area contributed by atoms with Gasteiger partial charge in [0, 0.05) is 6.42 Å². The summed E-state index contributed by atoms with van der Waals surface area (Å²) in [6.45, 7) is 8.83. The Labute approximate surface area is 126 Å². The zero-order valence-electron chi connectivity index (χ0n) is 13.1. The average Bonchev–Trinajstić information content (AvgIpc) is 2.18. The van der Waals surface area contributed by atoms with Crippen LogP contribution in [0.4, 0.5) is 0 Å². The summed E-state index contributed by atoms with van der Waals surface area (Å²) in [5.41, 5.74) is 5.32. The van der Waals surface area contributed by atoms with Crippen LogP contribution in [0.25, 0.3) is 0 Å². The molecule has 0 aromatic rings. The molecule has 21 heavy (non-hydrogen) atoms. The minimum atomic E-state index is -5.23. The van der Waals surface area contributed by atoms with Gasteiger partial charge < -0.3 is 29.7 Å². The van der Waals surface area contributed by atoms with Gasteiger partial charge in [0.25, 0.3) is 5.08 Å². The Morgan fingerprint density at radius 3 is 1.67 bits per heavy atom. The molecule has 0 radical (unpaired) electrons. The van der Waals surface area contributed by atoms with Gasteiger partial charge in [0.2, 0.25) is 0 Å². The van der Waals surface area contributed by atoms with Gasteiger partial charge in [0.1, 0.15) is 0 Å². The van der Waals surface area contributed by atoms with Crippen molar-refractivity contribution in [2.75, 3.05) is 6.54 Å². The van der Waals surface area contributed by atoms with Gasteiger partial charge in [-0.3, -0.25) is 9.13 Å². The first-order chi connectivity index (χ1) is 9.02. The summed E-state index contributed by atoms with van der Waals surface area (Å²) in [4.78, 5) is 38.4. The molecule has 0 aromatic heterocycles. The first-order valence-corrected chi connectivity index (χ1v) is 12.7. The Kier molecular flexibility index (Phi) is 6.65. The van der Waals surface area contributed by atoms with E-state index in [2.05, 4.69) is 0 Å². The predicted molar refractivity (Wildman–Crippen MR) is 83.4 cm³/mol. The molecule has 0 atom stereocenters. The third-order valence-corrected chi connectivity index (χ3v) is 12.7. The highest BCUT2D eigenvalue weighted by Crippen LogP contribution is 2.72. The molecule has 0 bridgehead atoms. The van der Waals surface area contributed by atoms with Gasteiger partial charge in [-0.25, -0.2) is 0 Å². The lowest BCUT2D eigenvalue weighted by Gasteiger charge is -2.45. The molecule has 8 nitrogen and oxygen atoms in total. The molecule has 0 spiro atoms. The maximum atomic E-state index is 11.9. The van der Waals surface area contributed by atoms with E-state index >= 15 is 0 Å². The molecule has 0 saturated carbocycles. The van der Waals surface area contributed by atoms with Crippen molar-refractivity contribution in [1.82, 2.24) is 0 Å². The first-order valence-electron chi connectivity index (χ1n) is 6.53. The molecular formula is C10H27NO7P2Si. The summed E-state index contributed by atoms with van der Waals surface area (Å²) in [5.74, 6) is 0. The zero-order valence-corrected chi connectivity index (χ0v) is 15.9.